The molecule has 0 heterocycles. The van der Waals surface area contributed by atoms with Crippen LogP contribution in [0.2, 0.25) is 5.02 Å². The van der Waals surface area contributed by atoms with E-state index in [1.807, 2.05) is 42.5 Å². The van der Waals surface area contributed by atoms with Crippen LogP contribution in [0.25, 0.3) is 11.1 Å². The molecule has 2 rings (SSSR count). The highest BCUT2D eigenvalue weighted by atomic mass is 35.5. The maximum atomic E-state index is 11.7. The molecular weight excluding hydrogens is 310 g/mol. The molecule has 122 valence electrons. The van der Waals surface area contributed by atoms with E-state index in [1.54, 1.807) is 6.07 Å². The Morgan fingerprint density at radius 1 is 1.13 bits per heavy atom. The maximum Gasteiger partial charge on any atom is 0.257 e. The fraction of sp³-hybridized carbons (Fsp3) is 0.316. The van der Waals surface area contributed by atoms with Crippen molar-refractivity contribution in [1.29, 1.82) is 0 Å². The van der Waals surface area contributed by atoms with Gasteiger partial charge in [0.15, 0.2) is 6.61 Å². The number of ether oxygens (including phenoxy) is 1. The number of hydrogen-bond donors (Lipinski definition) is 1. The molecule has 1 amide bonds. The molecule has 0 radical (unpaired) electrons. The molecule has 2 aromatic rings. The van der Waals surface area contributed by atoms with Crippen molar-refractivity contribution >= 4 is 17.5 Å². The first-order chi connectivity index (χ1) is 11.1. The van der Waals surface area contributed by atoms with Gasteiger partial charge in [-0.1, -0.05) is 61.8 Å². The second-order valence-corrected chi connectivity index (χ2v) is 6.24. The Hall–Kier alpha value is -2.00. The first kappa shape index (κ1) is 17.4. The maximum absolute atomic E-state index is 11.7. The van der Waals surface area contributed by atoms with E-state index in [1.165, 1.54) is 0 Å². The highest BCUT2D eigenvalue weighted by molar-refractivity contribution is 6.32. The highest BCUT2D eigenvalue weighted by Gasteiger charge is 2.07. The zero-order chi connectivity index (χ0) is 16.7. The van der Waals surface area contributed by atoms with Gasteiger partial charge < -0.3 is 10.1 Å². The Bertz CT molecular complexity index is 641. The van der Waals surface area contributed by atoms with Crippen molar-refractivity contribution in [3.05, 3.63) is 53.6 Å². The van der Waals surface area contributed by atoms with E-state index in [4.69, 9.17) is 16.3 Å². The SMILES string of the molecule is CC(C)CCNC(=O)COc1ccc(-c2ccccc2)cc1Cl. The molecule has 0 spiro atoms. The van der Waals surface area contributed by atoms with Crippen molar-refractivity contribution < 1.29 is 9.53 Å². The van der Waals surface area contributed by atoms with Gasteiger partial charge in [-0.05, 0) is 35.6 Å². The van der Waals surface area contributed by atoms with Gasteiger partial charge in [0.25, 0.3) is 5.91 Å². The lowest BCUT2D eigenvalue weighted by Crippen LogP contribution is -2.30. The van der Waals surface area contributed by atoms with Crippen LogP contribution in [0.5, 0.6) is 5.75 Å². The smallest absolute Gasteiger partial charge is 0.257 e. The molecule has 0 aliphatic heterocycles. The van der Waals surface area contributed by atoms with E-state index >= 15 is 0 Å². The minimum Gasteiger partial charge on any atom is -0.482 e. The minimum absolute atomic E-state index is 0.0253. The van der Waals surface area contributed by atoms with Gasteiger partial charge in [0.05, 0.1) is 5.02 Å². The Morgan fingerprint density at radius 3 is 2.52 bits per heavy atom. The van der Waals surface area contributed by atoms with Crippen LogP contribution in [0.3, 0.4) is 0 Å². The lowest BCUT2D eigenvalue weighted by molar-refractivity contribution is -0.123. The average molecular weight is 332 g/mol. The number of hydrogen-bond acceptors (Lipinski definition) is 2. The van der Waals surface area contributed by atoms with Crippen LogP contribution in [-0.2, 0) is 4.79 Å². The lowest BCUT2D eigenvalue weighted by atomic mass is 10.1. The van der Waals surface area contributed by atoms with Crippen LogP contribution in [0.15, 0.2) is 48.5 Å². The molecule has 0 unspecified atom stereocenters. The molecule has 3 nitrogen and oxygen atoms in total. The summed E-state index contributed by atoms with van der Waals surface area (Å²) in [6.45, 7) is 4.89. The molecule has 0 saturated carbocycles. The standard InChI is InChI=1S/C19H22ClNO2/c1-14(2)10-11-21-19(22)13-23-18-9-8-16(12-17(18)20)15-6-4-3-5-7-15/h3-9,12,14H,10-11,13H2,1-2H3,(H,21,22). The second kappa shape index (κ2) is 8.59. The van der Waals surface area contributed by atoms with Crippen LogP contribution >= 0.6 is 11.6 Å². The Morgan fingerprint density at radius 2 is 1.87 bits per heavy atom. The number of carbonyl (C=O) groups is 1. The van der Waals surface area contributed by atoms with Gasteiger partial charge in [0.2, 0.25) is 0 Å². The van der Waals surface area contributed by atoms with Gasteiger partial charge in [-0.15, -0.1) is 0 Å². The largest absolute Gasteiger partial charge is 0.482 e. The van der Waals surface area contributed by atoms with Crippen molar-refractivity contribution in [3.63, 3.8) is 0 Å². The number of rotatable bonds is 7. The van der Waals surface area contributed by atoms with E-state index in [2.05, 4.69) is 19.2 Å². The van der Waals surface area contributed by atoms with Gasteiger partial charge >= 0.3 is 0 Å². The van der Waals surface area contributed by atoms with Gasteiger partial charge in [0.1, 0.15) is 5.75 Å². The zero-order valence-electron chi connectivity index (χ0n) is 13.5. The van der Waals surface area contributed by atoms with Crippen molar-refractivity contribution in [2.75, 3.05) is 13.2 Å². The molecule has 1 N–H and O–H groups in total. The molecule has 0 aliphatic carbocycles. The third-order valence-electron chi connectivity index (χ3n) is 3.44. The first-order valence-electron chi connectivity index (χ1n) is 7.80. The second-order valence-electron chi connectivity index (χ2n) is 5.83. The summed E-state index contributed by atoms with van der Waals surface area (Å²) in [5, 5.41) is 3.34. The van der Waals surface area contributed by atoms with Gasteiger partial charge in [-0.3, -0.25) is 4.79 Å². The first-order valence-corrected chi connectivity index (χ1v) is 8.18. The predicted octanol–water partition coefficient (Wildman–Crippen LogP) is 4.55. The zero-order valence-corrected chi connectivity index (χ0v) is 14.3. The molecule has 2 aromatic carbocycles. The fourth-order valence-electron chi connectivity index (χ4n) is 2.12. The summed E-state index contributed by atoms with van der Waals surface area (Å²) >= 11 is 6.25. The summed E-state index contributed by atoms with van der Waals surface area (Å²) in [5.41, 5.74) is 2.11. The van der Waals surface area contributed by atoms with Gasteiger partial charge in [-0.25, -0.2) is 0 Å². The lowest BCUT2D eigenvalue weighted by Gasteiger charge is -2.11. The molecule has 0 aliphatic rings. The van der Waals surface area contributed by atoms with Gasteiger partial charge in [-0.2, -0.15) is 0 Å². The summed E-state index contributed by atoms with van der Waals surface area (Å²) < 4.78 is 5.50. The van der Waals surface area contributed by atoms with Gasteiger partial charge in [0, 0.05) is 6.54 Å². The molecule has 0 fully saturated rings. The Balaban J connectivity index is 1.90. The quantitative estimate of drug-likeness (QED) is 0.808. The predicted molar refractivity (Wildman–Crippen MR) is 94.8 cm³/mol. The van der Waals surface area contributed by atoms with E-state index in [-0.39, 0.29) is 12.5 Å². The monoisotopic (exact) mass is 331 g/mol. The van der Waals surface area contributed by atoms with E-state index in [0.717, 1.165) is 17.5 Å². The van der Waals surface area contributed by atoms with Crippen molar-refractivity contribution in [3.8, 4) is 16.9 Å². The normalized spacial score (nSPS) is 10.6. The van der Waals surface area contributed by atoms with Crippen LogP contribution in [0, 0.1) is 5.92 Å². The summed E-state index contributed by atoms with van der Waals surface area (Å²) in [6, 6.07) is 15.6. The summed E-state index contributed by atoms with van der Waals surface area (Å²) in [4.78, 5) is 11.7. The van der Waals surface area contributed by atoms with Crippen LogP contribution < -0.4 is 10.1 Å². The molecule has 0 bridgehead atoms. The molecule has 23 heavy (non-hydrogen) atoms. The Kier molecular flexibility index (Phi) is 6.48. The van der Waals surface area contributed by atoms with Crippen LogP contribution in [0.4, 0.5) is 0 Å². The third-order valence-corrected chi connectivity index (χ3v) is 3.74. The third kappa shape index (κ3) is 5.61. The molecule has 0 aromatic heterocycles. The number of amides is 1. The molecule has 0 saturated heterocycles. The summed E-state index contributed by atoms with van der Waals surface area (Å²) in [6.07, 6.45) is 0.957. The number of halogens is 1. The van der Waals surface area contributed by atoms with Crippen LogP contribution in [-0.4, -0.2) is 19.1 Å². The summed E-state index contributed by atoms with van der Waals surface area (Å²) in [5.74, 6) is 0.954. The molecular formula is C19H22ClNO2. The van der Waals surface area contributed by atoms with Crippen molar-refractivity contribution in [2.45, 2.75) is 20.3 Å². The van der Waals surface area contributed by atoms with E-state index < -0.39 is 0 Å². The molecule has 4 heteroatoms. The number of nitrogens with one attached hydrogen (secondary N) is 1. The Labute approximate surface area is 142 Å². The highest BCUT2D eigenvalue weighted by Crippen LogP contribution is 2.30. The van der Waals surface area contributed by atoms with Crippen molar-refractivity contribution in [2.24, 2.45) is 5.92 Å². The molecule has 0 atom stereocenters. The average Bonchev–Trinajstić information content (AvgIpc) is 2.54. The minimum atomic E-state index is -0.131. The van der Waals surface area contributed by atoms with E-state index in [9.17, 15) is 4.79 Å². The number of benzene rings is 2. The van der Waals surface area contributed by atoms with E-state index in [0.29, 0.717) is 23.2 Å². The van der Waals surface area contributed by atoms with Crippen molar-refractivity contribution in [1.82, 2.24) is 5.32 Å². The number of carbonyl (C=O) groups excluding carboxylic acids is 1. The summed E-state index contributed by atoms with van der Waals surface area (Å²) in [7, 11) is 0. The topological polar surface area (TPSA) is 38.3 Å². The fourth-order valence-corrected chi connectivity index (χ4v) is 2.36. The van der Waals surface area contributed by atoms with Crippen LogP contribution in [0.1, 0.15) is 20.3 Å².